The van der Waals surface area contributed by atoms with Crippen LogP contribution in [-0.4, -0.2) is 29.4 Å². The Balaban J connectivity index is 2.69. The van der Waals surface area contributed by atoms with Gasteiger partial charge in [0.05, 0.1) is 6.61 Å². The molecular formula is C10H11BF4O3. The number of rotatable bonds is 4. The second kappa shape index (κ2) is 5.68. The van der Waals surface area contributed by atoms with Gasteiger partial charge in [-0.15, -0.1) is 0 Å². The van der Waals surface area contributed by atoms with Crippen molar-refractivity contribution in [2.24, 2.45) is 0 Å². The van der Waals surface area contributed by atoms with Crippen molar-refractivity contribution in [3.8, 4) is 0 Å². The van der Waals surface area contributed by atoms with E-state index in [1.165, 1.54) is 6.07 Å². The Kier molecular flexibility index (Phi) is 4.72. The van der Waals surface area contributed by atoms with E-state index in [4.69, 9.17) is 10.0 Å². The van der Waals surface area contributed by atoms with Crippen LogP contribution in [0, 0.1) is 5.82 Å². The van der Waals surface area contributed by atoms with Crippen LogP contribution in [0.15, 0.2) is 18.2 Å². The summed E-state index contributed by atoms with van der Waals surface area (Å²) >= 11 is 0. The Morgan fingerprint density at radius 3 is 2.39 bits per heavy atom. The summed E-state index contributed by atoms with van der Waals surface area (Å²) < 4.78 is 54.3. The zero-order valence-corrected chi connectivity index (χ0v) is 9.41. The molecular weight excluding hydrogens is 255 g/mol. The van der Waals surface area contributed by atoms with Gasteiger partial charge < -0.3 is 14.8 Å². The first-order valence-corrected chi connectivity index (χ1v) is 5.04. The van der Waals surface area contributed by atoms with E-state index in [-0.39, 0.29) is 11.0 Å². The van der Waals surface area contributed by atoms with Gasteiger partial charge in [-0.1, -0.05) is 12.1 Å². The van der Waals surface area contributed by atoms with E-state index in [0.717, 1.165) is 19.1 Å². The van der Waals surface area contributed by atoms with E-state index in [9.17, 15) is 17.6 Å². The molecule has 0 radical (unpaired) electrons. The molecule has 100 valence electrons. The van der Waals surface area contributed by atoms with E-state index < -0.39 is 31.8 Å². The Bertz CT molecular complexity index is 409. The highest BCUT2D eigenvalue weighted by molar-refractivity contribution is 6.58. The first-order chi connectivity index (χ1) is 8.21. The molecule has 0 amide bonds. The SMILES string of the molecule is CC(OCc1ccc(B(O)O)cc1F)C(F)(F)F. The average molecular weight is 266 g/mol. The minimum atomic E-state index is -4.50. The molecule has 1 aromatic rings. The first kappa shape index (κ1) is 14.9. The molecule has 1 rings (SSSR count). The van der Waals surface area contributed by atoms with E-state index in [0.29, 0.717) is 0 Å². The molecule has 3 nitrogen and oxygen atoms in total. The fourth-order valence-electron chi connectivity index (χ4n) is 1.15. The highest BCUT2D eigenvalue weighted by Gasteiger charge is 2.36. The van der Waals surface area contributed by atoms with Gasteiger partial charge in [-0.3, -0.25) is 0 Å². The number of hydrogen-bond acceptors (Lipinski definition) is 3. The zero-order chi connectivity index (χ0) is 13.9. The van der Waals surface area contributed by atoms with Crippen LogP contribution in [0.3, 0.4) is 0 Å². The quantitative estimate of drug-likeness (QED) is 0.630. The van der Waals surface area contributed by atoms with Crippen molar-refractivity contribution in [3.05, 3.63) is 29.6 Å². The van der Waals surface area contributed by atoms with Crippen LogP contribution in [-0.2, 0) is 11.3 Å². The molecule has 0 aliphatic heterocycles. The minimum Gasteiger partial charge on any atom is -0.423 e. The zero-order valence-electron chi connectivity index (χ0n) is 9.41. The molecule has 0 heterocycles. The van der Waals surface area contributed by atoms with Crippen molar-refractivity contribution in [2.45, 2.75) is 25.8 Å². The van der Waals surface area contributed by atoms with E-state index in [1.807, 2.05) is 0 Å². The van der Waals surface area contributed by atoms with Gasteiger partial charge in [-0.2, -0.15) is 13.2 Å². The predicted octanol–water partition coefficient (Wildman–Crippen LogP) is 0.973. The number of alkyl halides is 3. The molecule has 1 atom stereocenters. The van der Waals surface area contributed by atoms with Gasteiger partial charge in [-0.05, 0) is 18.5 Å². The first-order valence-electron chi connectivity index (χ1n) is 5.04. The standard InChI is InChI=1S/C10H11BF4O3/c1-6(10(13,14)15)18-5-7-2-3-8(11(16)17)4-9(7)12/h2-4,6,16-17H,5H2,1H3. The van der Waals surface area contributed by atoms with Crippen molar-refractivity contribution in [1.29, 1.82) is 0 Å². The van der Waals surface area contributed by atoms with Crippen molar-refractivity contribution < 1.29 is 32.3 Å². The van der Waals surface area contributed by atoms with Crippen LogP contribution in [0.1, 0.15) is 12.5 Å². The van der Waals surface area contributed by atoms with E-state index in [2.05, 4.69) is 4.74 Å². The van der Waals surface area contributed by atoms with Gasteiger partial charge in [0, 0.05) is 5.56 Å². The number of benzene rings is 1. The lowest BCUT2D eigenvalue weighted by atomic mass is 9.80. The molecule has 0 aliphatic rings. The molecule has 1 unspecified atom stereocenters. The smallest absolute Gasteiger partial charge is 0.423 e. The topological polar surface area (TPSA) is 49.7 Å². The van der Waals surface area contributed by atoms with Gasteiger partial charge in [0.25, 0.3) is 0 Å². The third-order valence-electron chi connectivity index (χ3n) is 2.33. The summed E-state index contributed by atoms with van der Waals surface area (Å²) in [4.78, 5) is 0. The highest BCUT2D eigenvalue weighted by atomic mass is 19.4. The molecule has 8 heteroatoms. The summed E-state index contributed by atoms with van der Waals surface area (Å²) in [6, 6.07) is 3.18. The van der Waals surface area contributed by atoms with Crippen LogP contribution in [0.4, 0.5) is 17.6 Å². The predicted molar refractivity (Wildman–Crippen MR) is 56.5 cm³/mol. The Morgan fingerprint density at radius 2 is 1.94 bits per heavy atom. The van der Waals surface area contributed by atoms with Crippen LogP contribution < -0.4 is 5.46 Å². The second-order valence-electron chi connectivity index (χ2n) is 3.72. The van der Waals surface area contributed by atoms with Gasteiger partial charge in [0.2, 0.25) is 0 Å². The molecule has 0 saturated carbocycles. The fourth-order valence-corrected chi connectivity index (χ4v) is 1.15. The lowest BCUT2D eigenvalue weighted by molar-refractivity contribution is -0.217. The Hall–Kier alpha value is -1.12. The van der Waals surface area contributed by atoms with Gasteiger partial charge in [0.1, 0.15) is 5.82 Å². The number of ether oxygens (including phenoxy) is 1. The molecule has 0 spiro atoms. The van der Waals surface area contributed by atoms with Crippen LogP contribution in [0.2, 0.25) is 0 Å². The monoisotopic (exact) mass is 266 g/mol. The Labute approximate surface area is 101 Å². The number of hydrogen-bond donors (Lipinski definition) is 2. The summed E-state index contributed by atoms with van der Waals surface area (Å²) in [5.74, 6) is -0.852. The normalized spacial score (nSPS) is 13.5. The highest BCUT2D eigenvalue weighted by Crippen LogP contribution is 2.23. The van der Waals surface area contributed by atoms with Gasteiger partial charge >= 0.3 is 13.3 Å². The maximum Gasteiger partial charge on any atom is 0.488 e. The summed E-state index contributed by atoms with van der Waals surface area (Å²) in [5, 5.41) is 17.5. The second-order valence-corrected chi connectivity index (χ2v) is 3.72. The van der Waals surface area contributed by atoms with Crippen LogP contribution in [0.5, 0.6) is 0 Å². The molecule has 2 N–H and O–H groups in total. The number of halogens is 4. The van der Waals surface area contributed by atoms with Crippen molar-refractivity contribution in [1.82, 2.24) is 0 Å². The molecule has 0 bridgehead atoms. The molecule has 0 aliphatic carbocycles. The third kappa shape index (κ3) is 3.97. The molecule has 1 aromatic carbocycles. The van der Waals surface area contributed by atoms with Gasteiger partial charge in [0.15, 0.2) is 6.10 Å². The lowest BCUT2D eigenvalue weighted by Gasteiger charge is -2.16. The maximum absolute atomic E-state index is 13.4. The van der Waals surface area contributed by atoms with Gasteiger partial charge in [-0.25, -0.2) is 4.39 Å². The maximum atomic E-state index is 13.4. The Morgan fingerprint density at radius 1 is 1.33 bits per heavy atom. The molecule has 18 heavy (non-hydrogen) atoms. The average Bonchev–Trinajstić information content (AvgIpc) is 2.25. The summed E-state index contributed by atoms with van der Waals surface area (Å²) in [5.41, 5.74) is -0.171. The molecule has 0 aromatic heterocycles. The molecule has 0 saturated heterocycles. The van der Waals surface area contributed by atoms with Crippen LogP contribution in [0.25, 0.3) is 0 Å². The third-order valence-corrected chi connectivity index (χ3v) is 2.33. The van der Waals surface area contributed by atoms with Crippen molar-refractivity contribution in [2.75, 3.05) is 0 Å². The minimum absolute atomic E-state index is 0.0832. The molecule has 0 fully saturated rings. The summed E-state index contributed by atoms with van der Waals surface area (Å²) in [7, 11) is -1.83. The van der Waals surface area contributed by atoms with E-state index in [1.54, 1.807) is 0 Å². The summed E-state index contributed by atoms with van der Waals surface area (Å²) in [6.45, 7) is 0.276. The van der Waals surface area contributed by atoms with Crippen LogP contribution >= 0.6 is 0 Å². The summed E-state index contributed by atoms with van der Waals surface area (Å²) in [6.07, 6.45) is -6.50. The lowest BCUT2D eigenvalue weighted by Crippen LogP contribution is -2.31. The van der Waals surface area contributed by atoms with Crippen molar-refractivity contribution in [3.63, 3.8) is 0 Å². The fraction of sp³-hybridized carbons (Fsp3) is 0.400. The van der Waals surface area contributed by atoms with E-state index >= 15 is 0 Å². The van der Waals surface area contributed by atoms with Crippen molar-refractivity contribution >= 4 is 12.6 Å². The largest absolute Gasteiger partial charge is 0.488 e.